The monoisotopic (exact) mass is 421 g/mol. The van der Waals surface area contributed by atoms with Crippen LogP contribution in [0.5, 0.6) is 0 Å². The average molecular weight is 422 g/mol. The molecule has 154 valence electrons. The highest BCUT2D eigenvalue weighted by Gasteiger charge is 2.26. The quantitative estimate of drug-likeness (QED) is 0.505. The van der Waals surface area contributed by atoms with E-state index in [1.165, 1.54) is 18.2 Å². The standard InChI is InChI=1S/C21H31N3O2S2/c1-6-16-9-7-8-10-23(16)17(25)12-27-21-22-19-18(14(4)15(5)28-19)20(26)24(21)11-13(2)3/h13,16H,6-12H2,1-5H3/t16-/m1/s1. The number of hydrogen-bond acceptors (Lipinski definition) is 5. The van der Waals surface area contributed by atoms with Crippen LogP contribution in [0.2, 0.25) is 0 Å². The lowest BCUT2D eigenvalue weighted by Gasteiger charge is -2.35. The zero-order chi connectivity index (χ0) is 20.4. The lowest BCUT2D eigenvalue weighted by molar-refractivity contribution is -0.132. The van der Waals surface area contributed by atoms with Gasteiger partial charge in [0.05, 0.1) is 11.1 Å². The largest absolute Gasteiger partial charge is 0.339 e. The minimum atomic E-state index is 0.0277. The molecule has 1 amide bonds. The van der Waals surface area contributed by atoms with E-state index in [0.29, 0.717) is 29.4 Å². The van der Waals surface area contributed by atoms with E-state index < -0.39 is 0 Å². The van der Waals surface area contributed by atoms with Crippen molar-refractivity contribution in [2.45, 2.75) is 78.0 Å². The third kappa shape index (κ3) is 4.30. The molecular formula is C21H31N3O2S2. The molecule has 0 N–H and O–H groups in total. The van der Waals surface area contributed by atoms with Crippen LogP contribution in [0.1, 0.15) is 56.9 Å². The number of likely N-dealkylation sites (tertiary alicyclic amines) is 1. The van der Waals surface area contributed by atoms with Gasteiger partial charge in [0.25, 0.3) is 5.56 Å². The second-order valence-electron chi connectivity index (χ2n) is 8.10. The van der Waals surface area contributed by atoms with Gasteiger partial charge in [-0.05, 0) is 51.0 Å². The van der Waals surface area contributed by atoms with Crippen molar-refractivity contribution in [1.29, 1.82) is 0 Å². The summed E-state index contributed by atoms with van der Waals surface area (Å²) >= 11 is 2.98. The first-order valence-corrected chi connectivity index (χ1v) is 12.1. The van der Waals surface area contributed by atoms with Crippen molar-refractivity contribution in [1.82, 2.24) is 14.5 Å². The van der Waals surface area contributed by atoms with Crippen molar-refractivity contribution in [3.63, 3.8) is 0 Å². The highest BCUT2D eigenvalue weighted by Crippen LogP contribution is 2.29. The molecule has 0 aromatic carbocycles. The van der Waals surface area contributed by atoms with E-state index >= 15 is 0 Å². The molecule has 1 fully saturated rings. The van der Waals surface area contributed by atoms with Gasteiger partial charge in [-0.1, -0.05) is 32.5 Å². The molecule has 7 heteroatoms. The molecule has 1 atom stereocenters. The van der Waals surface area contributed by atoms with Crippen LogP contribution in [0.4, 0.5) is 0 Å². The number of amides is 1. The number of carbonyl (C=O) groups excluding carboxylic acids is 1. The molecule has 1 aliphatic heterocycles. The first kappa shape index (κ1) is 21.4. The summed E-state index contributed by atoms with van der Waals surface area (Å²) in [6.07, 6.45) is 4.40. The van der Waals surface area contributed by atoms with Crippen LogP contribution in [0.3, 0.4) is 0 Å². The Morgan fingerprint density at radius 3 is 2.75 bits per heavy atom. The van der Waals surface area contributed by atoms with Crippen LogP contribution in [0.15, 0.2) is 9.95 Å². The molecule has 0 saturated carbocycles. The van der Waals surface area contributed by atoms with Crippen molar-refractivity contribution in [2.75, 3.05) is 12.3 Å². The predicted molar refractivity (Wildman–Crippen MR) is 119 cm³/mol. The highest BCUT2D eigenvalue weighted by molar-refractivity contribution is 7.99. The van der Waals surface area contributed by atoms with E-state index in [1.807, 2.05) is 18.7 Å². The summed E-state index contributed by atoms with van der Waals surface area (Å²) in [5.41, 5.74) is 1.06. The number of nitrogens with zero attached hydrogens (tertiary/aromatic N) is 3. The zero-order valence-corrected chi connectivity index (χ0v) is 19.2. The highest BCUT2D eigenvalue weighted by atomic mass is 32.2. The summed E-state index contributed by atoms with van der Waals surface area (Å²) in [5.74, 6) is 0.842. The van der Waals surface area contributed by atoms with Crippen LogP contribution < -0.4 is 5.56 Å². The first-order valence-electron chi connectivity index (χ1n) is 10.3. The smallest absolute Gasteiger partial charge is 0.263 e. The van der Waals surface area contributed by atoms with Gasteiger partial charge in [0, 0.05) is 24.0 Å². The predicted octanol–water partition coefficient (Wildman–Crippen LogP) is 4.61. The number of aryl methyl sites for hydroxylation is 2. The number of carbonyl (C=O) groups is 1. The second-order valence-corrected chi connectivity index (χ2v) is 10.2. The van der Waals surface area contributed by atoms with Gasteiger partial charge in [0.2, 0.25) is 5.91 Å². The number of fused-ring (bicyclic) bond motifs is 1. The fourth-order valence-corrected chi connectivity index (χ4v) is 5.87. The first-order chi connectivity index (χ1) is 13.3. The second kappa shape index (κ2) is 8.99. The molecule has 1 saturated heterocycles. The maximum Gasteiger partial charge on any atom is 0.263 e. The summed E-state index contributed by atoms with van der Waals surface area (Å²) in [5, 5.41) is 1.41. The topological polar surface area (TPSA) is 55.2 Å². The average Bonchev–Trinajstić information content (AvgIpc) is 2.96. The molecular weight excluding hydrogens is 390 g/mol. The van der Waals surface area contributed by atoms with Crippen molar-refractivity contribution in [3.8, 4) is 0 Å². The summed E-state index contributed by atoms with van der Waals surface area (Å²) in [7, 11) is 0. The van der Waals surface area contributed by atoms with Gasteiger partial charge in [0.1, 0.15) is 4.83 Å². The molecule has 0 aliphatic carbocycles. The van der Waals surface area contributed by atoms with E-state index in [4.69, 9.17) is 4.98 Å². The number of rotatable bonds is 6. The van der Waals surface area contributed by atoms with Crippen molar-refractivity contribution in [3.05, 3.63) is 20.8 Å². The molecule has 2 aromatic rings. The van der Waals surface area contributed by atoms with Gasteiger partial charge in [-0.3, -0.25) is 14.2 Å². The van der Waals surface area contributed by atoms with Gasteiger partial charge in [-0.15, -0.1) is 11.3 Å². The van der Waals surface area contributed by atoms with Crippen molar-refractivity contribution >= 4 is 39.2 Å². The van der Waals surface area contributed by atoms with Crippen LogP contribution in [-0.2, 0) is 11.3 Å². The Morgan fingerprint density at radius 1 is 1.32 bits per heavy atom. The van der Waals surface area contributed by atoms with Gasteiger partial charge < -0.3 is 4.90 Å². The van der Waals surface area contributed by atoms with Crippen molar-refractivity contribution in [2.24, 2.45) is 5.92 Å². The van der Waals surface area contributed by atoms with Gasteiger partial charge in [-0.25, -0.2) is 4.98 Å². The Kier molecular flexibility index (Phi) is 6.86. The maximum atomic E-state index is 13.2. The van der Waals surface area contributed by atoms with Gasteiger partial charge in [-0.2, -0.15) is 0 Å². The molecule has 3 rings (SSSR count). The number of thioether (sulfide) groups is 1. The molecule has 3 heterocycles. The summed E-state index contributed by atoms with van der Waals surface area (Å²) in [6.45, 7) is 11.9. The third-order valence-corrected chi connectivity index (χ3v) is 7.61. The molecule has 0 unspecified atom stereocenters. The normalized spacial score (nSPS) is 17.6. The SMILES string of the molecule is CC[C@@H]1CCCCN1C(=O)CSc1nc2sc(C)c(C)c2c(=O)n1CC(C)C. The van der Waals surface area contributed by atoms with Crippen LogP contribution in [0, 0.1) is 19.8 Å². The number of hydrogen-bond donors (Lipinski definition) is 0. The van der Waals surface area contributed by atoms with E-state index in [-0.39, 0.29) is 11.5 Å². The number of thiophene rings is 1. The van der Waals surface area contributed by atoms with Crippen LogP contribution in [0.25, 0.3) is 10.2 Å². The third-order valence-electron chi connectivity index (χ3n) is 5.55. The Balaban J connectivity index is 1.89. The lowest BCUT2D eigenvalue weighted by atomic mass is 10.0. The number of piperidine rings is 1. The molecule has 0 radical (unpaired) electrons. The van der Waals surface area contributed by atoms with Crippen LogP contribution >= 0.6 is 23.1 Å². The summed E-state index contributed by atoms with van der Waals surface area (Å²) in [6, 6.07) is 0.359. The minimum Gasteiger partial charge on any atom is -0.339 e. The van der Waals surface area contributed by atoms with Crippen molar-refractivity contribution < 1.29 is 4.79 Å². The lowest BCUT2D eigenvalue weighted by Crippen LogP contribution is -2.44. The van der Waals surface area contributed by atoms with Gasteiger partial charge >= 0.3 is 0 Å². The summed E-state index contributed by atoms with van der Waals surface area (Å²) in [4.78, 5) is 34.8. The Labute approximate surface area is 175 Å². The summed E-state index contributed by atoms with van der Waals surface area (Å²) < 4.78 is 1.78. The van der Waals surface area contributed by atoms with Crippen LogP contribution in [-0.4, -0.2) is 38.7 Å². The number of aromatic nitrogens is 2. The molecule has 2 aromatic heterocycles. The Bertz CT molecular complexity index is 916. The Hall–Kier alpha value is -1.34. The van der Waals surface area contributed by atoms with Gasteiger partial charge in [0.15, 0.2) is 5.16 Å². The van der Waals surface area contributed by atoms with E-state index in [1.54, 1.807) is 15.9 Å². The molecule has 0 bridgehead atoms. The van der Waals surface area contributed by atoms with E-state index in [2.05, 4.69) is 20.8 Å². The Morgan fingerprint density at radius 2 is 2.07 bits per heavy atom. The molecule has 28 heavy (non-hydrogen) atoms. The molecule has 0 spiro atoms. The van der Waals surface area contributed by atoms with E-state index in [9.17, 15) is 9.59 Å². The molecule has 1 aliphatic rings. The fraction of sp³-hybridized carbons (Fsp3) is 0.667. The minimum absolute atomic E-state index is 0.0277. The molecule has 5 nitrogen and oxygen atoms in total. The maximum absolute atomic E-state index is 13.2. The fourth-order valence-electron chi connectivity index (χ4n) is 3.91. The zero-order valence-electron chi connectivity index (χ0n) is 17.6. The van der Waals surface area contributed by atoms with E-state index in [0.717, 1.165) is 46.5 Å².